The van der Waals surface area contributed by atoms with E-state index in [2.05, 4.69) is 10.1 Å². The Morgan fingerprint density at radius 2 is 1.95 bits per heavy atom. The lowest BCUT2D eigenvalue weighted by Gasteiger charge is -2.10. The number of hydrogen-bond acceptors (Lipinski definition) is 6. The Kier molecular flexibility index (Phi) is 5.09. The second-order valence-corrected chi connectivity index (χ2v) is 6.24. The van der Waals surface area contributed by atoms with Gasteiger partial charge in [0.05, 0.1) is 7.11 Å². The zero-order valence-corrected chi connectivity index (χ0v) is 12.0. The van der Waals surface area contributed by atoms with Gasteiger partial charge in [-0.25, -0.2) is 8.42 Å². The molecule has 0 saturated heterocycles. The maximum atomic E-state index is 11.7. The average Bonchev–Trinajstić information content (AvgIpc) is 2.33. The van der Waals surface area contributed by atoms with E-state index in [0.29, 0.717) is 16.9 Å². The van der Waals surface area contributed by atoms with Crippen LogP contribution >= 0.6 is 0 Å². The number of nitrogens with two attached hydrogens (primary N) is 1. The Morgan fingerprint density at radius 1 is 1.30 bits per heavy atom. The van der Waals surface area contributed by atoms with Gasteiger partial charge in [-0.15, -0.1) is 0 Å². The molecule has 20 heavy (non-hydrogen) atoms. The minimum atomic E-state index is -3.85. The van der Waals surface area contributed by atoms with Crippen molar-refractivity contribution in [1.82, 2.24) is 0 Å². The van der Waals surface area contributed by atoms with Crippen LogP contribution in [0.4, 0.5) is 11.4 Å². The zero-order chi connectivity index (χ0) is 15.3. The van der Waals surface area contributed by atoms with Gasteiger partial charge in [0.15, 0.2) is 9.84 Å². The fourth-order valence-electron chi connectivity index (χ4n) is 1.46. The predicted molar refractivity (Wildman–Crippen MR) is 74.9 cm³/mol. The van der Waals surface area contributed by atoms with Gasteiger partial charge in [0.25, 0.3) is 0 Å². The number of sulfone groups is 1. The first-order valence-corrected chi connectivity index (χ1v) is 7.49. The van der Waals surface area contributed by atoms with Crippen LogP contribution in [0, 0.1) is 6.92 Å². The van der Waals surface area contributed by atoms with Gasteiger partial charge in [-0.3, -0.25) is 9.59 Å². The minimum Gasteiger partial charge on any atom is -0.468 e. The number of carbonyl (C=O) groups excluding carboxylic acids is 2. The molecule has 0 radical (unpaired) electrons. The molecule has 0 aliphatic heterocycles. The maximum Gasteiger partial charge on any atom is 0.320 e. The van der Waals surface area contributed by atoms with Gasteiger partial charge in [0.2, 0.25) is 5.91 Å². The summed E-state index contributed by atoms with van der Waals surface area (Å²) < 4.78 is 27.4. The van der Waals surface area contributed by atoms with Crippen molar-refractivity contribution < 1.29 is 22.7 Å². The minimum absolute atomic E-state index is 0.434. The fraction of sp³-hybridized carbons (Fsp3) is 0.333. The molecule has 0 saturated carbocycles. The highest BCUT2D eigenvalue weighted by Crippen LogP contribution is 2.20. The van der Waals surface area contributed by atoms with Crippen molar-refractivity contribution in [3.05, 3.63) is 23.8 Å². The molecule has 1 rings (SSSR count). The van der Waals surface area contributed by atoms with E-state index >= 15 is 0 Å². The Morgan fingerprint density at radius 3 is 2.55 bits per heavy atom. The highest BCUT2D eigenvalue weighted by Gasteiger charge is 2.21. The van der Waals surface area contributed by atoms with E-state index in [4.69, 9.17) is 5.73 Å². The molecule has 1 aromatic carbocycles. The topological polar surface area (TPSA) is 116 Å². The number of nitrogen functional groups attached to an aromatic ring is 1. The van der Waals surface area contributed by atoms with Crippen LogP contribution in [0.2, 0.25) is 0 Å². The highest BCUT2D eigenvalue weighted by atomic mass is 32.2. The summed E-state index contributed by atoms with van der Waals surface area (Å²) >= 11 is 0. The molecule has 7 nitrogen and oxygen atoms in total. The van der Waals surface area contributed by atoms with Crippen LogP contribution in [-0.2, 0) is 24.2 Å². The van der Waals surface area contributed by atoms with Gasteiger partial charge in [0.1, 0.15) is 11.5 Å². The van der Waals surface area contributed by atoms with Gasteiger partial charge in [0, 0.05) is 11.4 Å². The second kappa shape index (κ2) is 6.38. The number of esters is 1. The first-order chi connectivity index (χ1) is 9.25. The Hall–Kier alpha value is -2.09. The average molecular weight is 300 g/mol. The molecule has 0 aliphatic carbocycles. The van der Waals surface area contributed by atoms with Crippen molar-refractivity contribution in [3.63, 3.8) is 0 Å². The molecule has 0 aromatic heterocycles. The predicted octanol–water partition coefficient (Wildman–Crippen LogP) is 0.104. The van der Waals surface area contributed by atoms with Crippen molar-refractivity contribution >= 4 is 33.1 Å². The van der Waals surface area contributed by atoms with Crippen LogP contribution in [0.1, 0.15) is 5.56 Å². The Bertz CT molecular complexity index is 625. The lowest BCUT2D eigenvalue weighted by Crippen LogP contribution is -2.28. The van der Waals surface area contributed by atoms with Gasteiger partial charge in [-0.1, -0.05) is 6.07 Å². The van der Waals surface area contributed by atoms with Crippen LogP contribution in [-0.4, -0.2) is 38.9 Å². The molecule has 1 amide bonds. The summed E-state index contributed by atoms with van der Waals surface area (Å²) in [5.74, 6) is -3.26. The van der Waals surface area contributed by atoms with Gasteiger partial charge < -0.3 is 15.8 Å². The Labute approximate surface area is 117 Å². The monoisotopic (exact) mass is 300 g/mol. The van der Waals surface area contributed by atoms with E-state index in [1.807, 2.05) is 0 Å². The number of anilines is 2. The fourth-order valence-corrected chi connectivity index (χ4v) is 2.52. The van der Waals surface area contributed by atoms with Crippen molar-refractivity contribution in [2.24, 2.45) is 0 Å². The number of amides is 1. The van der Waals surface area contributed by atoms with E-state index < -0.39 is 33.2 Å². The molecule has 3 N–H and O–H groups in total. The summed E-state index contributed by atoms with van der Waals surface area (Å²) in [5.41, 5.74) is 7.24. The summed E-state index contributed by atoms with van der Waals surface area (Å²) in [6.07, 6.45) is 0. The summed E-state index contributed by atoms with van der Waals surface area (Å²) in [5, 5.41) is 2.45. The van der Waals surface area contributed by atoms with Gasteiger partial charge >= 0.3 is 5.97 Å². The Balaban J connectivity index is 2.73. The van der Waals surface area contributed by atoms with E-state index in [1.54, 1.807) is 25.1 Å². The molecule has 110 valence electrons. The molecule has 0 atom stereocenters. The third kappa shape index (κ3) is 4.54. The number of hydrogen-bond donors (Lipinski definition) is 2. The normalized spacial score (nSPS) is 10.9. The third-order valence-electron chi connectivity index (χ3n) is 2.57. The number of benzene rings is 1. The van der Waals surface area contributed by atoms with E-state index in [0.717, 1.165) is 7.11 Å². The van der Waals surface area contributed by atoms with Gasteiger partial charge in [-0.2, -0.15) is 0 Å². The quantitative estimate of drug-likeness (QED) is 0.588. The smallest absolute Gasteiger partial charge is 0.320 e. The van der Waals surface area contributed by atoms with Crippen molar-refractivity contribution in [2.75, 3.05) is 29.7 Å². The van der Waals surface area contributed by atoms with Crippen LogP contribution in [0.15, 0.2) is 18.2 Å². The van der Waals surface area contributed by atoms with E-state index in [1.165, 1.54) is 0 Å². The number of rotatable bonds is 5. The number of carbonyl (C=O) groups is 2. The third-order valence-corrected chi connectivity index (χ3v) is 3.94. The van der Waals surface area contributed by atoms with Crippen LogP contribution in [0.3, 0.4) is 0 Å². The van der Waals surface area contributed by atoms with E-state index in [9.17, 15) is 18.0 Å². The van der Waals surface area contributed by atoms with E-state index in [-0.39, 0.29) is 0 Å². The van der Waals surface area contributed by atoms with Crippen LogP contribution in [0.5, 0.6) is 0 Å². The summed E-state index contributed by atoms with van der Waals surface area (Å²) in [6.45, 7) is 1.70. The first-order valence-electron chi connectivity index (χ1n) is 5.67. The van der Waals surface area contributed by atoms with Crippen molar-refractivity contribution in [2.45, 2.75) is 6.92 Å². The van der Waals surface area contributed by atoms with Gasteiger partial charge in [-0.05, 0) is 24.6 Å². The molecule has 0 fully saturated rings. The van der Waals surface area contributed by atoms with Crippen molar-refractivity contribution in [1.29, 1.82) is 0 Å². The molecule has 1 aromatic rings. The number of ether oxygens (including phenoxy) is 1. The number of methoxy groups -OCH3 is 1. The SMILES string of the molecule is COC(=O)CS(=O)(=O)CC(=O)Nc1cccc(N)c1C. The molecule has 0 heterocycles. The highest BCUT2D eigenvalue weighted by molar-refractivity contribution is 7.92. The lowest BCUT2D eigenvalue weighted by atomic mass is 10.1. The number of nitrogens with one attached hydrogen (secondary N) is 1. The molecule has 0 bridgehead atoms. The molecule has 0 unspecified atom stereocenters. The van der Waals surface area contributed by atoms with Crippen molar-refractivity contribution in [3.8, 4) is 0 Å². The first kappa shape index (κ1) is 16.0. The molecular weight excluding hydrogens is 284 g/mol. The summed E-state index contributed by atoms with van der Waals surface area (Å²) in [4.78, 5) is 22.6. The lowest BCUT2D eigenvalue weighted by molar-refractivity contribution is -0.137. The standard InChI is InChI=1S/C12H16N2O5S/c1-8-9(13)4-3-5-10(8)14-11(15)6-20(17,18)7-12(16)19-2/h3-5H,6-7,13H2,1-2H3,(H,14,15). The molecule has 0 aliphatic rings. The molecule has 8 heteroatoms. The van der Waals surface area contributed by atoms with Crippen LogP contribution in [0.25, 0.3) is 0 Å². The molecule has 0 spiro atoms. The maximum absolute atomic E-state index is 11.7. The second-order valence-electron chi connectivity index (χ2n) is 4.18. The molecular formula is C12H16N2O5S. The van der Waals surface area contributed by atoms with Crippen LogP contribution < -0.4 is 11.1 Å². The summed E-state index contributed by atoms with van der Waals surface area (Å²) in [7, 11) is -2.78. The summed E-state index contributed by atoms with van der Waals surface area (Å²) in [6, 6.07) is 4.91. The zero-order valence-electron chi connectivity index (χ0n) is 11.2. The largest absolute Gasteiger partial charge is 0.468 e.